The van der Waals surface area contributed by atoms with Crippen LogP contribution in [0.5, 0.6) is 5.75 Å². The molecule has 1 fully saturated rings. The van der Waals surface area contributed by atoms with Crippen LogP contribution in [0.4, 0.5) is 14.9 Å². The zero-order valence-corrected chi connectivity index (χ0v) is 18.6. The van der Waals surface area contributed by atoms with Gasteiger partial charge in [-0.15, -0.1) is 11.3 Å². The first kappa shape index (κ1) is 22.9. The smallest absolute Gasteiger partial charge is 0.409 e. The third kappa shape index (κ3) is 5.66. The maximum absolute atomic E-state index is 13.7. The summed E-state index contributed by atoms with van der Waals surface area (Å²) in [6.45, 7) is 3.45. The summed E-state index contributed by atoms with van der Waals surface area (Å²) in [5.74, 6) is -0.212. The van der Waals surface area contributed by atoms with Crippen LogP contribution in [0.2, 0.25) is 0 Å². The van der Waals surface area contributed by atoms with Gasteiger partial charge in [0.15, 0.2) is 0 Å². The molecule has 3 rings (SSSR count). The van der Waals surface area contributed by atoms with Crippen molar-refractivity contribution in [1.82, 2.24) is 10.2 Å². The zero-order valence-electron chi connectivity index (χ0n) is 17.8. The highest BCUT2D eigenvalue weighted by molar-refractivity contribution is 7.18. The van der Waals surface area contributed by atoms with E-state index in [1.54, 1.807) is 11.0 Å². The Kier molecular flexibility index (Phi) is 7.73. The van der Waals surface area contributed by atoms with Gasteiger partial charge in [-0.05, 0) is 43.5 Å². The fourth-order valence-electron chi connectivity index (χ4n) is 3.49. The Labute approximate surface area is 185 Å². The van der Waals surface area contributed by atoms with Crippen LogP contribution in [0.3, 0.4) is 0 Å². The molecule has 2 aromatic rings. The van der Waals surface area contributed by atoms with Crippen LogP contribution in [-0.4, -0.2) is 49.7 Å². The third-order valence-corrected chi connectivity index (χ3v) is 6.32. The standard InChI is InChI=1S/C22H28FN3O4S/c1-3-4-10-30-22(28)26-9-5-6-15(13-26)25-21(27)20-17(24)12-19(31-20)16-11-14(23)7-8-18(16)29-2/h7-8,11-12,15H,3-6,9-10,13,24H2,1-2H3,(H,25,27)/t15-/m0/s1. The summed E-state index contributed by atoms with van der Waals surface area (Å²) in [5.41, 5.74) is 6.94. The number of rotatable bonds is 7. The Hall–Kier alpha value is -2.81. The van der Waals surface area contributed by atoms with E-state index in [1.807, 2.05) is 6.92 Å². The number of likely N-dealkylation sites (tertiary alicyclic amines) is 1. The number of unbranched alkanes of at least 4 members (excludes halogenated alkanes) is 1. The number of nitrogens with one attached hydrogen (secondary N) is 1. The van der Waals surface area contributed by atoms with Gasteiger partial charge in [-0.1, -0.05) is 13.3 Å². The second-order valence-electron chi connectivity index (χ2n) is 7.47. The average Bonchev–Trinajstić information content (AvgIpc) is 3.15. The van der Waals surface area contributed by atoms with Crippen LogP contribution in [0.25, 0.3) is 10.4 Å². The number of hydrogen-bond donors (Lipinski definition) is 2. The van der Waals surface area contributed by atoms with Gasteiger partial charge in [0.2, 0.25) is 0 Å². The molecule has 1 aliphatic heterocycles. The minimum absolute atomic E-state index is 0.186. The average molecular weight is 450 g/mol. The van der Waals surface area contributed by atoms with Crippen molar-refractivity contribution in [2.75, 3.05) is 32.5 Å². The predicted molar refractivity (Wildman–Crippen MR) is 119 cm³/mol. The topological polar surface area (TPSA) is 93.9 Å². The quantitative estimate of drug-likeness (QED) is 0.616. The van der Waals surface area contributed by atoms with Crippen molar-refractivity contribution >= 4 is 29.0 Å². The number of nitrogen functional groups attached to an aromatic ring is 1. The van der Waals surface area contributed by atoms with Crippen LogP contribution >= 0.6 is 11.3 Å². The van der Waals surface area contributed by atoms with E-state index in [4.69, 9.17) is 15.2 Å². The van der Waals surface area contributed by atoms with Gasteiger partial charge < -0.3 is 25.4 Å². The summed E-state index contributed by atoms with van der Waals surface area (Å²) in [6.07, 6.45) is 2.98. The van der Waals surface area contributed by atoms with Gasteiger partial charge in [0.1, 0.15) is 16.4 Å². The first-order valence-corrected chi connectivity index (χ1v) is 11.2. The summed E-state index contributed by atoms with van der Waals surface area (Å²) < 4.78 is 24.3. The lowest BCUT2D eigenvalue weighted by Crippen LogP contribution is -2.49. The fourth-order valence-corrected chi connectivity index (χ4v) is 4.50. The van der Waals surface area contributed by atoms with E-state index < -0.39 is 5.82 Å². The number of nitrogens with two attached hydrogens (primary N) is 1. The van der Waals surface area contributed by atoms with E-state index in [9.17, 15) is 14.0 Å². The lowest BCUT2D eigenvalue weighted by molar-refractivity contribution is 0.0798. The highest BCUT2D eigenvalue weighted by Crippen LogP contribution is 2.38. The van der Waals surface area contributed by atoms with Gasteiger partial charge in [-0.2, -0.15) is 0 Å². The largest absolute Gasteiger partial charge is 0.496 e. The van der Waals surface area contributed by atoms with Crippen molar-refractivity contribution in [3.05, 3.63) is 35.0 Å². The molecule has 0 unspecified atom stereocenters. The Bertz CT molecular complexity index is 933. The molecule has 0 aliphatic carbocycles. The van der Waals surface area contributed by atoms with Crippen molar-refractivity contribution in [1.29, 1.82) is 0 Å². The number of methoxy groups -OCH3 is 1. The Morgan fingerprint density at radius 2 is 2.16 bits per heavy atom. The Balaban J connectivity index is 1.67. The van der Waals surface area contributed by atoms with Crippen molar-refractivity contribution in [3.8, 4) is 16.2 Å². The molecule has 1 aromatic carbocycles. The van der Waals surface area contributed by atoms with Gasteiger partial charge in [-0.25, -0.2) is 9.18 Å². The third-order valence-electron chi connectivity index (χ3n) is 5.13. The van der Waals surface area contributed by atoms with Crippen molar-refractivity contribution in [3.63, 3.8) is 0 Å². The number of anilines is 1. The van der Waals surface area contributed by atoms with Gasteiger partial charge in [0.25, 0.3) is 5.91 Å². The number of amides is 2. The van der Waals surface area contributed by atoms with E-state index in [1.165, 1.54) is 36.6 Å². The molecule has 31 heavy (non-hydrogen) atoms. The van der Waals surface area contributed by atoms with Crippen LogP contribution < -0.4 is 15.8 Å². The summed E-state index contributed by atoms with van der Waals surface area (Å²) in [5, 5.41) is 2.97. The van der Waals surface area contributed by atoms with Crippen LogP contribution in [0.1, 0.15) is 42.3 Å². The van der Waals surface area contributed by atoms with Gasteiger partial charge in [-0.3, -0.25) is 4.79 Å². The van der Waals surface area contributed by atoms with E-state index in [-0.39, 0.29) is 18.0 Å². The first-order valence-electron chi connectivity index (χ1n) is 10.4. The minimum Gasteiger partial charge on any atom is -0.496 e. The Morgan fingerprint density at radius 1 is 1.35 bits per heavy atom. The minimum atomic E-state index is -0.401. The van der Waals surface area contributed by atoms with Crippen LogP contribution in [0.15, 0.2) is 24.3 Å². The number of carbonyl (C=O) groups excluding carboxylic acids is 2. The lowest BCUT2D eigenvalue weighted by atomic mass is 10.1. The molecular weight excluding hydrogens is 421 g/mol. The molecule has 7 nitrogen and oxygen atoms in total. The van der Waals surface area contributed by atoms with Crippen molar-refractivity contribution in [2.24, 2.45) is 0 Å². The monoisotopic (exact) mass is 449 g/mol. The van der Waals surface area contributed by atoms with E-state index in [0.29, 0.717) is 46.5 Å². The summed E-state index contributed by atoms with van der Waals surface area (Å²) in [7, 11) is 1.50. The molecule has 1 atom stereocenters. The summed E-state index contributed by atoms with van der Waals surface area (Å²) >= 11 is 1.18. The molecule has 0 saturated carbocycles. The fraction of sp³-hybridized carbons (Fsp3) is 0.455. The SMILES string of the molecule is CCCCOC(=O)N1CCC[C@H](NC(=O)c2sc(-c3cc(F)ccc3OC)cc2N)C1. The van der Waals surface area contributed by atoms with Crippen molar-refractivity contribution in [2.45, 2.75) is 38.6 Å². The van der Waals surface area contributed by atoms with Gasteiger partial charge >= 0.3 is 6.09 Å². The lowest BCUT2D eigenvalue weighted by Gasteiger charge is -2.32. The molecule has 0 bridgehead atoms. The Morgan fingerprint density at radius 3 is 2.90 bits per heavy atom. The molecule has 2 amide bonds. The number of benzene rings is 1. The number of halogens is 1. The molecule has 2 heterocycles. The summed E-state index contributed by atoms with van der Waals surface area (Å²) in [4.78, 5) is 27.7. The number of nitrogens with zero attached hydrogens (tertiary/aromatic N) is 1. The van der Waals surface area contributed by atoms with Gasteiger partial charge in [0.05, 0.1) is 19.4 Å². The number of hydrogen-bond acceptors (Lipinski definition) is 6. The van der Waals surface area contributed by atoms with E-state index in [0.717, 1.165) is 25.7 Å². The molecule has 0 radical (unpaired) electrons. The van der Waals surface area contributed by atoms with Crippen LogP contribution in [0, 0.1) is 5.82 Å². The second-order valence-corrected chi connectivity index (χ2v) is 8.52. The number of piperidine rings is 1. The maximum Gasteiger partial charge on any atom is 0.409 e. The maximum atomic E-state index is 13.7. The molecule has 1 aromatic heterocycles. The van der Waals surface area contributed by atoms with Crippen LogP contribution in [-0.2, 0) is 4.74 Å². The highest BCUT2D eigenvalue weighted by atomic mass is 32.1. The van der Waals surface area contributed by atoms with E-state index >= 15 is 0 Å². The first-order chi connectivity index (χ1) is 14.9. The molecule has 1 saturated heterocycles. The second kappa shape index (κ2) is 10.5. The molecular formula is C22H28FN3O4S. The molecule has 1 aliphatic rings. The van der Waals surface area contributed by atoms with Crippen molar-refractivity contribution < 1.29 is 23.5 Å². The molecule has 0 spiro atoms. The number of ether oxygens (including phenoxy) is 2. The zero-order chi connectivity index (χ0) is 22.4. The predicted octanol–water partition coefficient (Wildman–Crippen LogP) is 4.28. The highest BCUT2D eigenvalue weighted by Gasteiger charge is 2.27. The molecule has 3 N–H and O–H groups in total. The number of carbonyl (C=O) groups is 2. The molecule has 168 valence electrons. The number of thiophene rings is 1. The van der Waals surface area contributed by atoms with E-state index in [2.05, 4.69) is 5.32 Å². The molecule has 9 heteroatoms. The normalized spacial score (nSPS) is 16.1. The van der Waals surface area contributed by atoms with Gasteiger partial charge in [0, 0.05) is 29.6 Å². The summed E-state index contributed by atoms with van der Waals surface area (Å²) in [6, 6.07) is 5.67.